The van der Waals surface area contributed by atoms with Gasteiger partial charge in [-0.3, -0.25) is 9.78 Å². The van der Waals surface area contributed by atoms with Gasteiger partial charge >= 0.3 is 0 Å². The van der Waals surface area contributed by atoms with Crippen LogP contribution in [0.15, 0.2) is 61.3 Å². The molecule has 7 nitrogen and oxygen atoms in total. The van der Waals surface area contributed by atoms with Crippen LogP contribution in [0.3, 0.4) is 0 Å². The van der Waals surface area contributed by atoms with E-state index in [0.29, 0.717) is 5.82 Å². The van der Waals surface area contributed by atoms with Crippen molar-refractivity contribution in [2.24, 2.45) is 0 Å². The minimum atomic E-state index is -0.168. The molecule has 3 aromatic rings. The molecular weight excluding hydrogens is 304 g/mol. The van der Waals surface area contributed by atoms with E-state index >= 15 is 0 Å². The molecule has 1 atom stereocenters. The maximum Gasteiger partial charge on any atom is 0.239 e. The molecule has 3 rings (SSSR count). The average molecular weight is 322 g/mol. The number of carbonyl (C=O) groups excluding carboxylic acids is 1. The van der Waals surface area contributed by atoms with Crippen LogP contribution >= 0.6 is 0 Å². The SMILES string of the molecule is C[C@H](NCC(=O)Nc1cnccn1)c1ccccc1-n1cccn1. The van der Waals surface area contributed by atoms with E-state index < -0.39 is 0 Å². The molecule has 0 saturated carbocycles. The van der Waals surface area contributed by atoms with Crippen molar-refractivity contribution in [3.63, 3.8) is 0 Å². The monoisotopic (exact) mass is 322 g/mol. The Balaban J connectivity index is 1.63. The van der Waals surface area contributed by atoms with Crippen molar-refractivity contribution in [1.29, 1.82) is 0 Å². The molecule has 0 aliphatic rings. The van der Waals surface area contributed by atoms with Crippen LogP contribution in [-0.2, 0) is 4.79 Å². The summed E-state index contributed by atoms with van der Waals surface area (Å²) in [6.45, 7) is 2.18. The molecule has 0 saturated heterocycles. The molecule has 7 heteroatoms. The molecule has 1 amide bonds. The van der Waals surface area contributed by atoms with E-state index in [1.165, 1.54) is 12.4 Å². The molecule has 2 heterocycles. The summed E-state index contributed by atoms with van der Waals surface area (Å²) >= 11 is 0. The standard InChI is InChI=1S/C17H18N6O/c1-13(20-12-17(24)22-16-11-18-8-9-19-16)14-5-2-3-6-15(14)23-10-4-7-21-23/h2-11,13,20H,12H2,1H3,(H,19,22,24)/t13-/m0/s1. The van der Waals surface area contributed by atoms with Crippen molar-refractivity contribution in [3.05, 3.63) is 66.9 Å². The van der Waals surface area contributed by atoms with E-state index in [1.54, 1.807) is 12.4 Å². The Morgan fingerprint density at radius 3 is 2.83 bits per heavy atom. The molecule has 0 aliphatic carbocycles. The van der Waals surface area contributed by atoms with E-state index in [1.807, 2.05) is 48.1 Å². The van der Waals surface area contributed by atoms with Crippen LogP contribution in [0.5, 0.6) is 0 Å². The Kier molecular flexibility index (Phi) is 4.93. The Hall–Kier alpha value is -3.06. The van der Waals surface area contributed by atoms with Gasteiger partial charge in [0.2, 0.25) is 5.91 Å². The number of benzene rings is 1. The predicted octanol–water partition coefficient (Wildman–Crippen LogP) is 1.95. The molecule has 2 aromatic heterocycles. The number of carbonyl (C=O) groups is 1. The lowest BCUT2D eigenvalue weighted by Crippen LogP contribution is -2.30. The number of aromatic nitrogens is 4. The zero-order valence-electron chi connectivity index (χ0n) is 13.3. The summed E-state index contributed by atoms with van der Waals surface area (Å²) < 4.78 is 1.81. The molecule has 122 valence electrons. The minimum absolute atomic E-state index is 0.0157. The number of hydrogen-bond acceptors (Lipinski definition) is 5. The second-order valence-electron chi connectivity index (χ2n) is 5.25. The zero-order valence-corrected chi connectivity index (χ0v) is 13.3. The zero-order chi connectivity index (χ0) is 16.8. The first kappa shape index (κ1) is 15.8. The van der Waals surface area contributed by atoms with Crippen LogP contribution in [0.25, 0.3) is 5.69 Å². The lowest BCUT2D eigenvalue weighted by molar-refractivity contribution is -0.115. The smallest absolute Gasteiger partial charge is 0.239 e. The second-order valence-corrected chi connectivity index (χ2v) is 5.25. The fraction of sp³-hybridized carbons (Fsp3) is 0.176. The van der Waals surface area contributed by atoms with Gasteiger partial charge in [-0.25, -0.2) is 9.67 Å². The topological polar surface area (TPSA) is 84.7 Å². The maximum atomic E-state index is 12.0. The summed E-state index contributed by atoms with van der Waals surface area (Å²) in [7, 11) is 0. The van der Waals surface area contributed by atoms with Gasteiger partial charge in [-0.05, 0) is 24.6 Å². The normalized spacial score (nSPS) is 11.9. The van der Waals surface area contributed by atoms with E-state index in [9.17, 15) is 4.79 Å². The van der Waals surface area contributed by atoms with Crippen molar-refractivity contribution in [2.45, 2.75) is 13.0 Å². The quantitative estimate of drug-likeness (QED) is 0.724. The van der Waals surface area contributed by atoms with E-state index in [-0.39, 0.29) is 18.5 Å². The van der Waals surface area contributed by atoms with E-state index in [2.05, 4.69) is 25.7 Å². The summed E-state index contributed by atoms with van der Waals surface area (Å²) in [6.07, 6.45) is 8.23. The Bertz CT molecular complexity index is 788. The van der Waals surface area contributed by atoms with E-state index in [4.69, 9.17) is 0 Å². The van der Waals surface area contributed by atoms with Crippen molar-refractivity contribution < 1.29 is 4.79 Å². The van der Waals surface area contributed by atoms with Gasteiger partial charge in [0, 0.05) is 30.8 Å². The maximum absolute atomic E-state index is 12.0. The molecule has 0 bridgehead atoms. The van der Waals surface area contributed by atoms with Gasteiger partial charge in [0.25, 0.3) is 0 Å². The minimum Gasteiger partial charge on any atom is -0.308 e. The highest BCUT2D eigenvalue weighted by atomic mass is 16.2. The van der Waals surface area contributed by atoms with Crippen LogP contribution in [-0.4, -0.2) is 32.2 Å². The van der Waals surface area contributed by atoms with Crippen LogP contribution in [0.2, 0.25) is 0 Å². The van der Waals surface area contributed by atoms with Crippen molar-refractivity contribution in [2.75, 3.05) is 11.9 Å². The number of para-hydroxylation sites is 1. The lowest BCUT2D eigenvalue weighted by Gasteiger charge is -2.17. The molecule has 0 spiro atoms. The average Bonchev–Trinajstić information content (AvgIpc) is 3.15. The van der Waals surface area contributed by atoms with Gasteiger partial charge in [0.15, 0.2) is 5.82 Å². The number of nitrogens with one attached hydrogen (secondary N) is 2. The molecule has 0 aliphatic heterocycles. The van der Waals surface area contributed by atoms with Gasteiger partial charge < -0.3 is 10.6 Å². The van der Waals surface area contributed by atoms with Gasteiger partial charge in [0.05, 0.1) is 18.4 Å². The fourth-order valence-corrected chi connectivity index (χ4v) is 2.38. The van der Waals surface area contributed by atoms with Crippen LogP contribution in [0, 0.1) is 0 Å². The van der Waals surface area contributed by atoms with Crippen molar-refractivity contribution >= 4 is 11.7 Å². The number of nitrogens with zero attached hydrogens (tertiary/aromatic N) is 4. The van der Waals surface area contributed by atoms with Gasteiger partial charge in [-0.2, -0.15) is 5.10 Å². The molecule has 24 heavy (non-hydrogen) atoms. The van der Waals surface area contributed by atoms with Gasteiger partial charge in [-0.1, -0.05) is 18.2 Å². The Morgan fingerprint density at radius 2 is 2.08 bits per heavy atom. The number of hydrogen-bond donors (Lipinski definition) is 2. The summed E-state index contributed by atoms with van der Waals surface area (Å²) in [4.78, 5) is 19.9. The third kappa shape index (κ3) is 3.82. The largest absolute Gasteiger partial charge is 0.308 e. The molecular formula is C17H18N6O. The van der Waals surface area contributed by atoms with E-state index in [0.717, 1.165) is 11.3 Å². The first-order chi connectivity index (χ1) is 11.7. The summed E-state index contributed by atoms with van der Waals surface area (Å²) in [5, 5.41) is 10.2. The molecule has 0 unspecified atom stereocenters. The molecule has 2 N–H and O–H groups in total. The summed E-state index contributed by atoms with van der Waals surface area (Å²) in [5.74, 6) is 0.271. The van der Waals surface area contributed by atoms with Gasteiger partial charge in [0.1, 0.15) is 0 Å². The third-order valence-electron chi connectivity index (χ3n) is 3.55. The summed E-state index contributed by atoms with van der Waals surface area (Å²) in [5.41, 5.74) is 2.05. The molecule has 0 radical (unpaired) electrons. The van der Waals surface area contributed by atoms with Crippen molar-refractivity contribution in [1.82, 2.24) is 25.1 Å². The number of amides is 1. The molecule has 1 aromatic carbocycles. The van der Waals surface area contributed by atoms with Crippen LogP contribution < -0.4 is 10.6 Å². The first-order valence-corrected chi connectivity index (χ1v) is 7.62. The summed E-state index contributed by atoms with van der Waals surface area (Å²) in [6, 6.07) is 9.82. The second kappa shape index (κ2) is 7.47. The number of anilines is 1. The first-order valence-electron chi connectivity index (χ1n) is 7.62. The fourth-order valence-electron chi connectivity index (χ4n) is 2.38. The molecule has 0 fully saturated rings. The lowest BCUT2D eigenvalue weighted by atomic mass is 10.1. The highest BCUT2D eigenvalue weighted by molar-refractivity contribution is 5.91. The Morgan fingerprint density at radius 1 is 1.21 bits per heavy atom. The highest BCUT2D eigenvalue weighted by Gasteiger charge is 2.13. The highest BCUT2D eigenvalue weighted by Crippen LogP contribution is 2.20. The Labute approximate surface area is 139 Å². The number of rotatable bonds is 6. The van der Waals surface area contributed by atoms with Crippen molar-refractivity contribution in [3.8, 4) is 5.69 Å². The third-order valence-corrected chi connectivity index (χ3v) is 3.55. The predicted molar refractivity (Wildman–Crippen MR) is 90.6 cm³/mol. The van der Waals surface area contributed by atoms with Crippen LogP contribution in [0.1, 0.15) is 18.5 Å². The van der Waals surface area contributed by atoms with Crippen LogP contribution in [0.4, 0.5) is 5.82 Å². The van der Waals surface area contributed by atoms with Gasteiger partial charge in [-0.15, -0.1) is 0 Å².